The van der Waals surface area contributed by atoms with Gasteiger partial charge >= 0.3 is 12.6 Å². The summed E-state index contributed by atoms with van der Waals surface area (Å²) in [6.07, 6.45) is 0. The lowest BCUT2D eigenvalue weighted by atomic mass is 10.2. The topological polar surface area (TPSA) is 128 Å². The van der Waals surface area contributed by atoms with Crippen LogP contribution in [0.15, 0.2) is 53.4 Å². The predicted octanol–water partition coefficient (Wildman–Crippen LogP) is 1.70. The van der Waals surface area contributed by atoms with Crippen LogP contribution in [0.25, 0.3) is 0 Å². The number of alkyl halides is 2. The van der Waals surface area contributed by atoms with Gasteiger partial charge in [0.1, 0.15) is 5.75 Å². The second kappa shape index (κ2) is 10.6. The maximum Gasteiger partial charge on any atom is 0.387 e. The van der Waals surface area contributed by atoms with Crippen molar-refractivity contribution >= 4 is 27.8 Å². The Morgan fingerprint density at radius 1 is 1.03 bits per heavy atom. The van der Waals surface area contributed by atoms with Crippen LogP contribution in [0.1, 0.15) is 27.6 Å². The zero-order valence-electron chi connectivity index (χ0n) is 16.1. The van der Waals surface area contributed by atoms with Crippen LogP contribution in [0.5, 0.6) is 5.75 Å². The van der Waals surface area contributed by atoms with E-state index in [1.165, 1.54) is 30.3 Å². The Balaban J connectivity index is 1.92. The molecule has 12 heteroatoms. The van der Waals surface area contributed by atoms with Crippen molar-refractivity contribution in [2.75, 3.05) is 13.2 Å². The summed E-state index contributed by atoms with van der Waals surface area (Å²) in [5.41, 5.74) is -0.115. The van der Waals surface area contributed by atoms with Gasteiger partial charge in [0.05, 0.1) is 10.5 Å². The Morgan fingerprint density at radius 3 is 2.32 bits per heavy atom. The second-order valence-corrected chi connectivity index (χ2v) is 7.65. The second-order valence-electron chi connectivity index (χ2n) is 5.89. The molecule has 31 heavy (non-hydrogen) atoms. The minimum atomic E-state index is -3.79. The van der Waals surface area contributed by atoms with Gasteiger partial charge in [0.15, 0.2) is 6.61 Å². The summed E-state index contributed by atoms with van der Waals surface area (Å²) in [5, 5.41) is 1.97. The summed E-state index contributed by atoms with van der Waals surface area (Å²) >= 11 is 0. The molecule has 9 nitrogen and oxygen atoms in total. The SMILES string of the molecule is CCNS(=O)(=O)c1cccc(C(=O)OCC(=O)NC(=O)c2ccc(OC(F)F)cc2)c1. The summed E-state index contributed by atoms with van der Waals surface area (Å²) in [4.78, 5) is 35.8. The fraction of sp³-hybridized carbons (Fsp3) is 0.211. The maximum atomic E-state index is 12.1. The van der Waals surface area contributed by atoms with Gasteiger partial charge in [-0.2, -0.15) is 8.78 Å². The zero-order valence-corrected chi connectivity index (χ0v) is 16.9. The summed E-state index contributed by atoms with van der Waals surface area (Å²) in [6.45, 7) is -2.06. The highest BCUT2D eigenvalue weighted by Crippen LogP contribution is 2.15. The number of benzene rings is 2. The van der Waals surface area contributed by atoms with E-state index in [1.807, 2.05) is 5.32 Å². The van der Waals surface area contributed by atoms with Crippen LogP contribution in [0.2, 0.25) is 0 Å². The van der Waals surface area contributed by atoms with Crippen molar-refractivity contribution in [3.8, 4) is 5.75 Å². The summed E-state index contributed by atoms with van der Waals surface area (Å²) < 4.78 is 59.4. The molecule has 0 fully saturated rings. The first kappa shape index (κ1) is 23.9. The first-order valence-electron chi connectivity index (χ1n) is 8.78. The molecule has 0 aliphatic carbocycles. The molecule has 0 radical (unpaired) electrons. The first-order chi connectivity index (χ1) is 14.6. The van der Waals surface area contributed by atoms with Crippen LogP contribution >= 0.6 is 0 Å². The number of carbonyl (C=O) groups excluding carboxylic acids is 3. The average molecular weight is 456 g/mol. The molecule has 166 valence electrons. The molecule has 2 rings (SSSR count). The van der Waals surface area contributed by atoms with Crippen molar-refractivity contribution in [2.45, 2.75) is 18.4 Å². The van der Waals surface area contributed by atoms with Crippen molar-refractivity contribution in [3.05, 3.63) is 59.7 Å². The quantitative estimate of drug-likeness (QED) is 0.550. The molecule has 0 aromatic heterocycles. The van der Waals surface area contributed by atoms with Gasteiger partial charge in [-0.3, -0.25) is 14.9 Å². The van der Waals surface area contributed by atoms with Gasteiger partial charge in [0.25, 0.3) is 11.8 Å². The highest BCUT2D eigenvalue weighted by molar-refractivity contribution is 7.89. The standard InChI is InChI=1S/C19H18F2N2O7S/c1-2-22-31(27,28)15-5-3-4-13(10-15)18(26)29-11-16(24)23-17(25)12-6-8-14(9-7-12)30-19(20)21/h3-10,19,22H,2,11H2,1H3,(H,23,24,25). The van der Waals surface area contributed by atoms with Crippen LogP contribution < -0.4 is 14.8 Å². The van der Waals surface area contributed by atoms with Gasteiger partial charge in [0, 0.05) is 12.1 Å². The van der Waals surface area contributed by atoms with E-state index in [2.05, 4.69) is 9.46 Å². The van der Waals surface area contributed by atoms with Crippen molar-refractivity contribution in [3.63, 3.8) is 0 Å². The highest BCUT2D eigenvalue weighted by Gasteiger charge is 2.18. The van der Waals surface area contributed by atoms with Gasteiger partial charge in [-0.25, -0.2) is 17.9 Å². The fourth-order valence-corrected chi connectivity index (χ4v) is 3.39. The summed E-state index contributed by atoms with van der Waals surface area (Å²) in [5.74, 6) is -2.92. The van der Waals surface area contributed by atoms with Crippen molar-refractivity contribution in [1.82, 2.24) is 10.0 Å². The summed E-state index contributed by atoms with van der Waals surface area (Å²) in [6, 6.07) is 9.61. The lowest BCUT2D eigenvalue weighted by molar-refractivity contribution is -0.123. The number of hydrogen-bond donors (Lipinski definition) is 2. The summed E-state index contributed by atoms with van der Waals surface area (Å²) in [7, 11) is -3.79. The smallest absolute Gasteiger partial charge is 0.387 e. The third-order valence-corrected chi connectivity index (χ3v) is 5.19. The average Bonchev–Trinajstić information content (AvgIpc) is 2.72. The Morgan fingerprint density at radius 2 is 1.71 bits per heavy atom. The molecule has 0 aliphatic rings. The van der Waals surface area contributed by atoms with Crippen LogP contribution in [0.4, 0.5) is 8.78 Å². The van der Waals surface area contributed by atoms with Crippen molar-refractivity contribution in [2.24, 2.45) is 0 Å². The number of nitrogens with one attached hydrogen (secondary N) is 2. The monoisotopic (exact) mass is 456 g/mol. The van der Waals surface area contributed by atoms with E-state index in [0.717, 1.165) is 18.2 Å². The number of halogens is 2. The van der Waals surface area contributed by atoms with Gasteiger partial charge in [0.2, 0.25) is 10.0 Å². The molecular weight excluding hydrogens is 438 g/mol. The van der Waals surface area contributed by atoms with Crippen LogP contribution in [-0.2, 0) is 19.6 Å². The lowest BCUT2D eigenvalue weighted by Crippen LogP contribution is -2.34. The van der Waals surface area contributed by atoms with E-state index in [4.69, 9.17) is 4.74 Å². The highest BCUT2D eigenvalue weighted by atomic mass is 32.2. The Bertz CT molecular complexity index is 1060. The van der Waals surface area contributed by atoms with E-state index in [-0.39, 0.29) is 28.3 Å². The third kappa shape index (κ3) is 7.12. The Hall–Kier alpha value is -3.38. The molecule has 0 unspecified atom stereocenters. The van der Waals surface area contributed by atoms with E-state index in [9.17, 15) is 31.6 Å². The molecule has 0 bridgehead atoms. The molecule has 0 aliphatic heterocycles. The largest absolute Gasteiger partial charge is 0.452 e. The van der Waals surface area contributed by atoms with E-state index >= 15 is 0 Å². The van der Waals surface area contributed by atoms with Crippen LogP contribution in [0.3, 0.4) is 0 Å². The zero-order chi connectivity index (χ0) is 23.0. The number of hydrogen-bond acceptors (Lipinski definition) is 7. The van der Waals surface area contributed by atoms with Gasteiger partial charge in [-0.15, -0.1) is 0 Å². The maximum absolute atomic E-state index is 12.1. The van der Waals surface area contributed by atoms with Crippen molar-refractivity contribution in [1.29, 1.82) is 0 Å². The van der Waals surface area contributed by atoms with Gasteiger partial charge in [-0.05, 0) is 42.5 Å². The number of amides is 2. The molecule has 2 N–H and O–H groups in total. The Labute approximate surface area is 176 Å². The van der Waals surface area contributed by atoms with E-state index in [0.29, 0.717) is 0 Å². The van der Waals surface area contributed by atoms with E-state index < -0.39 is 41.0 Å². The molecule has 0 saturated heterocycles. The number of imide groups is 1. The molecule has 2 aromatic rings. The third-order valence-electron chi connectivity index (χ3n) is 3.64. The number of esters is 1. The minimum Gasteiger partial charge on any atom is -0.452 e. The normalized spacial score (nSPS) is 11.1. The molecule has 0 saturated carbocycles. The number of rotatable bonds is 9. The molecule has 0 spiro atoms. The van der Waals surface area contributed by atoms with E-state index in [1.54, 1.807) is 6.92 Å². The molecular formula is C19H18F2N2O7S. The number of sulfonamides is 1. The van der Waals surface area contributed by atoms with Gasteiger partial charge < -0.3 is 9.47 Å². The predicted molar refractivity (Wildman–Crippen MR) is 103 cm³/mol. The van der Waals surface area contributed by atoms with Crippen LogP contribution in [-0.4, -0.2) is 46.0 Å². The minimum absolute atomic E-state index is 0.0115. The van der Waals surface area contributed by atoms with Gasteiger partial charge in [-0.1, -0.05) is 13.0 Å². The van der Waals surface area contributed by atoms with Crippen LogP contribution in [0, 0.1) is 0 Å². The fourth-order valence-electron chi connectivity index (χ4n) is 2.30. The number of ether oxygens (including phenoxy) is 2. The Kier molecular flexibility index (Phi) is 8.16. The first-order valence-corrected chi connectivity index (χ1v) is 10.3. The molecule has 0 atom stereocenters. The lowest BCUT2D eigenvalue weighted by Gasteiger charge is -2.08. The van der Waals surface area contributed by atoms with Crippen molar-refractivity contribution < 1.29 is 41.1 Å². The molecule has 2 amide bonds. The number of carbonyl (C=O) groups is 3. The molecule has 0 heterocycles. The molecule has 2 aromatic carbocycles.